The van der Waals surface area contributed by atoms with Crippen LogP contribution in [0.5, 0.6) is 0 Å². The van der Waals surface area contributed by atoms with Crippen molar-refractivity contribution in [2.24, 2.45) is 0 Å². The van der Waals surface area contributed by atoms with Gasteiger partial charge in [0.1, 0.15) is 5.01 Å². The van der Waals surface area contributed by atoms with E-state index in [4.69, 9.17) is 0 Å². The number of anilines is 1. The lowest BCUT2D eigenvalue weighted by Gasteiger charge is -2.21. The van der Waals surface area contributed by atoms with Crippen LogP contribution in [0.1, 0.15) is 11.9 Å². The first-order chi connectivity index (χ1) is 7.16. The average molecular weight is 224 g/mol. The predicted molar refractivity (Wildman–Crippen MR) is 58.8 cm³/mol. The second-order valence-electron chi connectivity index (χ2n) is 3.41. The molecule has 5 nitrogen and oxygen atoms in total. The van der Waals surface area contributed by atoms with Crippen LogP contribution in [0.3, 0.4) is 0 Å². The minimum atomic E-state index is -0.0809. The van der Waals surface area contributed by atoms with Gasteiger partial charge in [-0.25, -0.2) is 0 Å². The molecule has 0 aliphatic carbocycles. The van der Waals surface area contributed by atoms with Gasteiger partial charge in [-0.05, 0) is 19.4 Å². The number of hydrogen-bond acceptors (Lipinski definition) is 5. The summed E-state index contributed by atoms with van der Waals surface area (Å²) in [6, 6.07) is 0. The first kappa shape index (κ1) is 10.3. The molecule has 1 aliphatic rings. The highest BCUT2D eigenvalue weighted by Crippen LogP contribution is 2.16. The summed E-state index contributed by atoms with van der Waals surface area (Å²) in [5, 5.41) is 14.9. The van der Waals surface area contributed by atoms with Crippen molar-refractivity contribution in [3.63, 3.8) is 0 Å². The fourth-order valence-electron chi connectivity index (χ4n) is 1.21. The van der Waals surface area contributed by atoms with Gasteiger partial charge in [0.2, 0.25) is 5.13 Å². The fourth-order valence-corrected chi connectivity index (χ4v) is 1.80. The van der Waals surface area contributed by atoms with Gasteiger partial charge in [0.25, 0.3) is 5.91 Å². The Balaban J connectivity index is 2.03. The van der Waals surface area contributed by atoms with Crippen LogP contribution in [-0.2, 0) is 4.79 Å². The van der Waals surface area contributed by atoms with E-state index in [9.17, 15) is 4.79 Å². The number of carbonyl (C=O) groups is 1. The van der Waals surface area contributed by atoms with Crippen molar-refractivity contribution < 1.29 is 4.79 Å². The molecule has 0 spiro atoms. The lowest BCUT2D eigenvalue weighted by atomic mass is 10.0. The quantitative estimate of drug-likeness (QED) is 0.726. The topological polar surface area (TPSA) is 66.9 Å². The molecule has 2 N–H and O–H groups in total. The molecule has 1 aromatic heterocycles. The lowest BCUT2D eigenvalue weighted by molar-refractivity contribution is -0.112. The lowest BCUT2D eigenvalue weighted by Crippen LogP contribution is -2.36. The zero-order valence-corrected chi connectivity index (χ0v) is 9.44. The van der Waals surface area contributed by atoms with E-state index < -0.39 is 0 Å². The molecule has 0 aromatic carbocycles. The molecule has 0 atom stereocenters. The van der Waals surface area contributed by atoms with E-state index >= 15 is 0 Å². The van der Waals surface area contributed by atoms with Crippen LogP contribution in [-0.4, -0.2) is 29.2 Å². The zero-order valence-electron chi connectivity index (χ0n) is 8.63. The van der Waals surface area contributed by atoms with Gasteiger partial charge < -0.3 is 5.32 Å². The highest BCUT2D eigenvalue weighted by molar-refractivity contribution is 7.15. The fraction of sp³-hybridized carbons (Fsp3) is 0.444. The summed E-state index contributed by atoms with van der Waals surface area (Å²) in [6.07, 6.45) is 0. The van der Waals surface area contributed by atoms with E-state index in [1.54, 1.807) is 0 Å². The molecular weight excluding hydrogens is 212 g/mol. The predicted octanol–water partition coefficient (Wildman–Crippen LogP) is 0.705. The Bertz CT molecular complexity index is 418. The molecule has 1 saturated heterocycles. The minimum absolute atomic E-state index is 0.0809. The molecule has 1 fully saturated rings. The molecule has 1 aliphatic heterocycles. The summed E-state index contributed by atoms with van der Waals surface area (Å²) in [4.78, 5) is 11.7. The Kier molecular flexibility index (Phi) is 2.79. The van der Waals surface area contributed by atoms with Crippen molar-refractivity contribution in [2.45, 2.75) is 13.8 Å². The minimum Gasteiger partial charge on any atom is -0.309 e. The van der Waals surface area contributed by atoms with E-state index in [2.05, 4.69) is 20.8 Å². The van der Waals surface area contributed by atoms with Crippen LogP contribution in [0, 0.1) is 6.92 Å². The Labute approximate surface area is 91.6 Å². The zero-order chi connectivity index (χ0) is 10.8. The molecular formula is C9H12N4OS. The van der Waals surface area contributed by atoms with Gasteiger partial charge in [-0.2, -0.15) is 0 Å². The molecule has 80 valence electrons. The summed E-state index contributed by atoms with van der Waals surface area (Å²) in [6.45, 7) is 5.32. The molecule has 0 radical (unpaired) electrons. The summed E-state index contributed by atoms with van der Waals surface area (Å²) in [7, 11) is 0. The highest BCUT2D eigenvalue weighted by Gasteiger charge is 2.16. The van der Waals surface area contributed by atoms with Crippen LogP contribution in [0.2, 0.25) is 0 Å². The van der Waals surface area contributed by atoms with Gasteiger partial charge in [-0.1, -0.05) is 11.3 Å². The van der Waals surface area contributed by atoms with Crippen LogP contribution >= 0.6 is 11.3 Å². The maximum absolute atomic E-state index is 11.7. The second-order valence-corrected chi connectivity index (χ2v) is 4.59. The third-order valence-corrected chi connectivity index (χ3v) is 3.05. The van der Waals surface area contributed by atoms with E-state index in [0.29, 0.717) is 5.13 Å². The van der Waals surface area contributed by atoms with Crippen molar-refractivity contribution in [2.75, 3.05) is 18.4 Å². The summed E-state index contributed by atoms with van der Waals surface area (Å²) in [5.41, 5.74) is 1.94. The number of aryl methyl sites for hydroxylation is 1. The van der Waals surface area contributed by atoms with E-state index in [1.807, 2.05) is 13.8 Å². The normalized spacial score (nSPS) is 14.7. The highest BCUT2D eigenvalue weighted by atomic mass is 32.1. The van der Waals surface area contributed by atoms with E-state index in [-0.39, 0.29) is 5.91 Å². The molecule has 2 heterocycles. The Morgan fingerprint density at radius 1 is 1.47 bits per heavy atom. The van der Waals surface area contributed by atoms with Crippen molar-refractivity contribution in [3.05, 3.63) is 16.2 Å². The van der Waals surface area contributed by atoms with E-state index in [0.717, 1.165) is 29.2 Å². The Morgan fingerprint density at radius 2 is 2.20 bits per heavy atom. The molecule has 1 aromatic rings. The van der Waals surface area contributed by atoms with Gasteiger partial charge in [0, 0.05) is 18.7 Å². The molecule has 6 heteroatoms. The monoisotopic (exact) mass is 224 g/mol. The first-order valence-electron chi connectivity index (χ1n) is 4.67. The number of hydrogen-bond donors (Lipinski definition) is 2. The van der Waals surface area contributed by atoms with Gasteiger partial charge in [-0.15, -0.1) is 10.2 Å². The number of carbonyl (C=O) groups excluding carboxylic acids is 1. The Morgan fingerprint density at radius 3 is 2.67 bits per heavy atom. The number of rotatable bonds is 2. The molecule has 1 amide bonds. The first-order valence-corrected chi connectivity index (χ1v) is 5.49. The van der Waals surface area contributed by atoms with Crippen LogP contribution in [0.4, 0.5) is 5.13 Å². The summed E-state index contributed by atoms with van der Waals surface area (Å²) < 4.78 is 0. The van der Waals surface area contributed by atoms with Crippen molar-refractivity contribution in [1.29, 1.82) is 0 Å². The number of nitrogens with one attached hydrogen (secondary N) is 2. The number of amides is 1. The summed E-state index contributed by atoms with van der Waals surface area (Å²) >= 11 is 1.38. The van der Waals surface area contributed by atoms with Crippen molar-refractivity contribution in [1.82, 2.24) is 15.5 Å². The maximum Gasteiger partial charge on any atom is 0.253 e. The largest absolute Gasteiger partial charge is 0.309 e. The number of nitrogens with zero attached hydrogens (tertiary/aromatic N) is 2. The van der Waals surface area contributed by atoms with Gasteiger partial charge in [0.05, 0.1) is 0 Å². The van der Waals surface area contributed by atoms with Crippen LogP contribution in [0.15, 0.2) is 11.1 Å². The van der Waals surface area contributed by atoms with Gasteiger partial charge in [0.15, 0.2) is 0 Å². The molecule has 0 saturated carbocycles. The van der Waals surface area contributed by atoms with Crippen LogP contribution in [0.25, 0.3) is 0 Å². The molecule has 0 bridgehead atoms. The third kappa shape index (κ3) is 2.21. The van der Waals surface area contributed by atoms with Gasteiger partial charge >= 0.3 is 0 Å². The average Bonchev–Trinajstić information content (AvgIpc) is 2.48. The number of aromatic nitrogens is 2. The maximum atomic E-state index is 11.7. The summed E-state index contributed by atoms with van der Waals surface area (Å²) in [5.74, 6) is -0.0809. The molecule has 2 rings (SSSR count). The smallest absolute Gasteiger partial charge is 0.253 e. The van der Waals surface area contributed by atoms with Crippen molar-refractivity contribution in [3.8, 4) is 0 Å². The molecule has 15 heavy (non-hydrogen) atoms. The van der Waals surface area contributed by atoms with Gasteiger partial charge in [-0.3, -0.25) is 10.1 Å². The SMILES string of the molecule is CC(C(=O)Nc1nnc(C)s1)=C1CNC1. The molecule has 0 unspecified atom stereocenters. The second kappa shape index (κ2) is 4.08. The standard InChI is InChI=1S/C9H12N4OS/c1-5(7-3-10-4-7)8(14)11-9-13-12-6(2)15-9/h10H,3-4H2,1-2H3,(H,11,13,14). The van der Waals surface area contributed by atoms with Crippen LogP contribution < -0.4 is 10.6 Å². The van der Waals surface area contributed by atoms with E-state index in [1.165, 1.54) is 11.3 Å². The Hall–Kier alpha value is -1.27. The third-order valence-electron chi connectivity index (χ3n) is 2.29. The van der Waals surface area contributed by atoms with Crippen molar-refractivity contribution >= 4 is 22.4 Å².